The van der Waals surface area contributed by atoms with E-state index in [1.165, 1.54) is 41.0 Å². The number of H-pyrrole nitrogens is 2. The topological polar surface area (TPSA) is 520 Å². The molecule has 4 saturated heterocycles. The Morgan fingerprint density at radius 1 is 0.646 bits per heavy atom. The van der Waals surface area contributed by atoms with E-state index in [0.717, 1.165) is 21.7 Å². The van der Waals surface area contributed by atoms with Crippen LogP contribution in [-0.2, 0) is 59.8 Å². The van der Waals surface area contributed by atoms with Gasteiger partial charge in [0.1, 0.15) is 85.3 Å². The highest BCUT2D eigenvalue weighted by Crippen LogP contribution is 2.53. The highest BCUT2D eigenvalue weighted by atomic mass is 31.2. The molecule has 79 heavy (non-hydrogen) atoms. The summed E-state index contributed by atoms with van der Waals surface area (Å²) in [5, 5.41) is 20.9. The van der Waals surface area contributed by atoms with E-state index in [-0.39, 0.29) is 59.1 Å². The Morgan fingerprint density at radius 2 is 1.16 bits per heavy atom. The minimum Gasteiger partial charge on any atom is -0.394 e. The summed E-state index contributed by atoms with van der Waals surface area (Å²) in [6.45, 7) is -1.96. The first-order valence-corrected chi connectivity index (χ1v) is 28.1. The number of rotatable bonds is 20. The molecule has 6 aromatic rings. The fourth-order valence-electron chi connectivity index (χ4n) is 9.23. The molecule has 0 radical (unpaired) electrons. The summed E-state index contributed by atoms with van der Waals surface area (Å²) in [6.07, 6.45) is -11.0. The van der Waals surface area contributed by atoms with Crippen molar-refractivity contribution in [2.45, 2.75) is 106 Å². The quantitative estimate of drug-likeness (QED) is 0.0364. The van der Waals surface area contributed by atoms with Gasteiger partial charge in [-0.2, -0.15) is 9.97 Å². The van der Waals surface area contributed by atoms with Gasteiger partial charge in [0.15, 0.2) is 22.6 Å². The summed E-state index contributed by atoms with van der Waals surface area (Å²) in [5.74, 6) is -0.286. The van der Waals surface area contributed by atoms with Gasteiger partial charge in [-0.15, -0.1) is 0 Å². The molecule has 3 unspecified atom stereocenters. The Morgan fingerprint density at radius 3 is 1.77 bits per heavy atom. The van der Waals surface area contributed by atoms with Crippen molar-refractivity contribution in [1.82, 2.24) is 58.1 Å². The van der Waals surface area contributed by atoms with Gasteiger partial charge in [-0.1, -0.05) is 0 Å². The number of hydrogen-bond acceptors (Lipinski definition) is 28. The molecule has 13 N–H and O–H groups in total. The second-order valence-electron chi connectivity index (χ2n) is 18.3. The highest BCUT2D eigenvalue weighted by Gasteiger charge is 2.48. The molecule has 0 aromatic carbocycles. The van der Waals surface area contributed by atoms with Gasteiger partial charge < -0.3 is 61.0 Å². The molecule has 4 fully saturated rings. The van der Waals surface area contributed by atoms with Gasteiger partial charge >= 0.3 is 34.8 Å². The van der Waals surface area contributed by atoms with Crippen LogP contribution in [0.2, 0.25) is 0 Å². The molecular weight excluding hydrogens is 1120 g/mol. The summed E-state index contributed by atoms with van der Waals surface area (Å²) >= 11 is 0. The van der Waals surface area contributed by atoms with E-state index in [2.05, 4.69) is 39.9 Å². The summed E-state index contributed by atoms with van der Waals surface area (Å²) in [7, 11) is -15.8. The number of aromatic amines is 2. The predicted octanol–water partition coefficient (Wildman–Crippen LogP) is -2.17. The Kier molecular flexibility index (Phi) is 15.7. The molecule has 0 spiro atoms. The normalized spacial score (nSPS) is 29.5. The van der Waals surface area contributed by atoms with E-state index in [1.54, 1.807) is 0 Å². The lowest BCUT2D eigenvalue weighted by molar-refractivity contribution is -0.0630. The fourth-order valence-corrected chi connectivity index (χ4v) is 12.1. The van der Waals surface area contributed by atoms with E-state index in [4.69, 9.17) is 63.3 Å². The minimum absolute atomic E-state index is 0.0249. The van der Waals surface area contributed by atoms with Gasteiger partial charge in [-0.3, -0.25) is 65.0 Å². The van der Waals surface area contributed by atoms with Crippen LogP contribution in [0.3, 0.4) is 0 Å². The van der Waals surface area contributed by atoms with Gasteiger partial charge in [-0.05, 0) is 13.0 Å². The number of nitrogens with zero attached hydrogens (tertiary/aromatic N) is 10. The smallest absolute Gasteiger partial charge is 0.394 e. The first-order chi connectivity index (χ1) is 37.4. The maximum Gasteiger partial charge on any atom is 0.472 e. The first-order valence-electron chi connectivity index (χ1n) is 23.6. The van der Waals surface area contributed by atoms with Crippen LogP contribution in [0.15, 0.2) is 56.6 Å². The van der Waals surface area contributed by atoms with Crippen molar-refractivity contribution < 1.29 is 84.7 Å². The summed E-state index contributed by atoms with van der Waals surface area (Å²) in [4.78, 5) is 112. The average molecular weight is 1170 g/mol. The number of aliphatic hydroxyl groups excluding tert-OH is 2. The number of aliphatic hydroxyl groups is 2. The van der Waals surface area contributed by atoms with Crippen LogP contribution < -0.4 is 39.7 Å². The van der Waals surface area contributed by atoms with Crippen molar-refractivity contribution in [2.24, 2.45) is 0 Å². The average Bonchev–Trinajstić information content (AvgIpc) is 4.28. The van der Waals surface area contributed by atoms with Crippen LogP contribution >= 0.6 is 23.5 Å². The molecule has 37 nitrogen and oxygen atoms in total. The Hall–Kier alpha value is -6.05. The van der Waals surface area contributed by atoms with Crippen molar-refractivity contribution in [3.8, 4) is 0 Å². The maximum absolute atomic E-state index is 13.9. The number of nitrogens with two attached hydrogens (primary N) is 3. The van der Waals surface area contributed by atoms with E-state index >= 15 is 0 Å². The van der Waals surface area contributed by atoms with E-state index in [0.29, 0.717) is 5.65 Å². The van der Waals surface area contributed by atoms with Crippen molar-refractivity contribution in [3.05, 3.63) is 84.7 Å². The lowest BCUT2D eigenvalue weighted by atomic mass is 10.2. The van der Waals surface area contributed by atoms with Crippen molar-refractivity contribution in [1.29, 1.82) is 0 Å². The molecule has 4 aliphatic heterocycles. The largest absolute Gasteiger partial charge is 0.472 e. The monoisotopic (exact) mass is 1170 g/mol. The number of anilines is 3. The Labute approximate surface area is 439 Å². The third-order valence-electron chi connectivity index (χ3n) is 13.0. The second kappa shape index (κ2) is 22.1. The molecule has 10 rings (SSSR count). The molecule has 0 saturated carbocycles. The number of phosphoric ester groups is 3. The van der Waals surface area contributed by atoms with Crippen LogP contribution in [-0.4, -0.2) is 158 Å². The molecular formula is C39H50N15O22P3. The van der Waals surface area contributed by atoms with Gasteiger partial charge in [0.25, 0.3) is 11.1 Å². The number of nitrogen functional groups attached to an aromatic ring is 3. The lowest BCUT2D eigenvalue weighted by Crippen LogP contribution is -2.33. The number of ether oxygens (including phenoxy) is 4. The van der Waals surface area contributed by atoms with Crippen LogP contribution in [0.4, 0.5) is 17.6 Å². The first kappa shape index (κ1) is 56.2. The third kappa shape index (κ3) is 12.2. The second-order valence-corrected chi connectivity index (χ2v) is 22.5. The number of hydrogen-bond donors (Lipinski definition) is 10. The number of fused-ring (bicyclic) bond motifs is 2. The van der Waals surface area contributed by atoms with Crippen molar-refractivity contribution >= 4 is 63.4 Å². The zero-order chi connectivity index (χ0) is 56.3. The standard InChI is InChI=1S/C39H50N15O22P3/c1-16-8-52(39(60)50-35(16)57)28-6-19(23(72-28)11-68-78(63,64)74-18-5-27(70-21(18)9-55)51-3-2-25(40)47-38(51)59)75-79(65,66)69-12-24-20(7-29(73-24)54-15-46-31-34(54)48-37(42)49-36(31)58)76-77(61,62)67-10-22-17(56)4-26(71-22)53-14-45-30-32(41)43-13-44-33(30)53/h2-3,8,13-15,17-24,26-29,55-56H,4-7,9-12H2,1H3,(H,61,62)(H,63,64)(H,65,66)(H2,40,47,59)(H2,41,43,44)(H,50,57,60)(H3,42,48,49,58)/t17-,18-,19-,20-,21+,22+,23+,24+,26+,27+,28+,29+/m0/s1. The number of aromatic nitrogens is 12. The van der Waals surface area contributed by atoms with Gasteiger partial charge in [0.2, 0.25) is 5.95 Å². The number of aryl methyl sites for hydroxylation is 1. The minimum atomic E-state index is -5.40. The number of nitrogens with one attached hydrogen (secondary N) is 2. The maximum atomic E-state index is 13.9. The van der Waals surface area contributed by atoms with Gasteiger partial charge in [0, 0.05) is 43.6 Å². The zero-order valence-electron chi connectivity index (χ0n) is 40.8. The molecule has 10 heterocycles. The molecule has 4 aliphatic rings. The van der Waals surface area contributed by atoms with E-state index < -0.39 is 153 Å². The summed E-state index contributed by atoms with van der Waals surface area (Å²) in [5.41, 5.74) is 14.4. The van der Waals surface area contributed by atoms with E-state index in [1.807, 2.05) is 0 Å². The molecule has 15 atom stereocenters. The van der Waals surface area contributed by atoms with E-state index in [9.17, 15) is 57.8 Å². The van der Waals surface area contributed by atoms with Crippen LogP contribution in [0, 0.1) is 6.92 Å². The third-order valence-corrected chi connectivity index (χ3v) is 16.1. The summed E-state index contributed by atoms with van der Waals surface area (Å²) in [6, 6.07) is 1.30. The Bertz CT molecular complexity index is 3650. The van der Waals surface area contributed by atoms with Crippen LogP contribution in [0.5, 0.6) is 0 Å². The molecule has 40 heteroatoms. The van der Waals surface area contributed by atoms with Crippen molar-refractivity contribution in [3.63, 3.8) is 0 Å². The number of imidazole rings is 2. The lowest BCUT2D eigenvalue weighted by Gasteiger charge is -2.25. The highest BCUT2D eigenvalue weighted by molar-refractivity contribution is 7.48. The molecule has 428 valence electrons. The van der Waals surface area contributed by atoms with Crippen LogP contribution in [0.1, 0.15) is 56.2 Å². The van der Waals surface area contributed by atoms with Crippen LogP contribution in [0.25, 0.3) is 22.3 Å². The fraction of sp³-hybridized carbons (Fsp3) is 0.538. The SMILES string of the molecule is Cc1cn([C@H]2C[C@H](OP(=O)(O)OC[C@H]3O[C@@H](n4cnc5c(=O)[nH]c(N)nc54)C[C@@H]3OP(=O)(O)OC[C@H]3O[C@@H](n4cnc5c(N)ncnc54)C[C@@H]3O)[C@@H](COP(=O)(O)O[C@H]3C[C@H](n4ccc(N)nc4=O)O[C@@H]3CO)O2)c(=O)[nH]c1=O. The van der Waals surface area contributed by atoms with Crippen molar-refractivity contribution in [2.75, 3.05) is 43.6 Å². The molecule has 0 aliphatic carbocycles. The molecule has 0 amide bonds. The molecule has 6 aromatic heterocycles. The van der Waals surface area contributed by atoms with Gasteiger partial charge in [0.05, 0.1) is 45.2 Å². The predicted molar refractivity (Wildman–Crippen MR) is 260 cm³/mol. The van der Waals surface area contributed by atoms with Gasteiger partial charge in [-0.25, -0.2) is 43.2 Å². The molecule has 0 bridgehead atoms. The Balaban J connectivity index is 0.835. The summed E-state index contributed by atoms with van der Waals surface area (Å²) < 4.78 is 102. The zero-order valence-corrected chi connectivity index (χ0v) is 43.5. The number of phosphoric acid groups is 3.